The van der Waals surface area contributed by atoms with Gasteiger partial charge in [0, 0.05) is 6.61 Å². The third-order valence-corrected chi connectivity index (χ3v) is 3.42. The third-order valence-electron chi connectivity index (χ3n) is 2.72. The van der Waals surface area contributed by atoms with E-state index in [4.69, 9.17) is 10.8 Å². The number of aliphatic hydroxyl groups is 1. The van der Waals surface area contributed by atoms with Crippen LogP contribution < -0.4 is 5.73 Å². The molecule has 1 aromatic heterocycles. The standard InChI is InChI=1S/C11H19NOS/c1-2-10(5-9(6-12)7-13)11-3-4-14-8-11/h3-4,8-10,13H,2,5-7,12H2,1H3. The SMILES string of the molecule is CCC(CC(CN)CO)c1ccsc1. The molecule has 2 unspecified atom stereocenters. The summed E-state index contributed by atoms with van der Waals surface area (Å²) in [5.74, 6) is 0.807. The van der Waals surface area contributed by atoms with Gasteiger partial charge in [0.2, 0.25) is 0 Å². The van der Waals surface area contributed by atoms with E-state index in [0.717, 1.165) is 12.8 Å². The first-order valence-electron chi connectivity index (χ1n) is 5.14. The minimum Gasteiger partial charge on any atom is -0.396 e. The lowest BCUT2D eigenvalue weighted by molar-refractivity contribution is 0.214. The van der Waals surface area contributed by atoms with Crippen LogP contribution in [-0.4, -0.2) is 18.3 Å². The average Bonchev–Trinajstić information content (AvgIpc) is 2.73. The van der Waals surface area contributed by atoms with E-state index in [-0.39, 0.29) is 12.5 Å². The van der Waals surface area contributed by atoms with Gasteiger partial charge >= 0.3 is 0 Å². The molecule has 2 atom stereocenters. The lowest BCUT2D eigenvalue weighted by Gasteiger charge is -2.19. The van der Waals surface area contributed by atoms with E-state index in [1.165, 1.54) is 5.56 Å². The second-order valence-electron chi connectivity index (χ2n) is 3.68. The first-order valence-corrected chi connectivity index (χ1v) is 6.09. The fraction of sp³-hybridized carbons (Fsp3) is 0.636. The van der Waals surface area contributed by atoms with Crippen LogP contribution in [0.4, 0.5) is 0 Å². The van der Waals surface area contributed by atoms with Crippen LogP contribution in [0.5, 0.6) is 0 Å². The Morgan fingerprint density at radius 2 is 2.36 bits per heavy atom. The van der Waals surface area contributed by atoms with Crippen molar-refractivity contribution >= 4 is 11.3 Å². The third kappa shape index (κ3) is 3.08. The molecule has 0 radical (unpaired) electrons. The van der Waals surface area contributed by atoms with Crippen LogP contribution in [0.2, 0.25) is 0 Å². The van der Waals surface area contributed by atoms with Crippen molar-refractivity contribution in [3.8, 4) is 0 Å². The summed E-state index contributed by atoms with van der Waals surface area (Å²) in [5.41, 5.74) is 6.98. The average molecular weight is 213 g/mol. The molecular weight excluding hydrogens is 194 g/mol. The summed E-state index contributed by atoms with van der Waals surface area (Å²) in [6.07, 6.45) is 2.12. The summed E-state index contributed by atoms with van der Waals surface area (Å²) in [5, 5.41) is 13.4. The van der Waals surface area contributed by atoms with Crippen LogP contribution in [0.25, 0.3) is 0 Å². The summed E-state index contributed by atoms with van der Waals surface area (Å²) in [4.78, 5) is 0. The van der Waals surface area contributed by atoms with Gasteiger partial charge in [-0.05, 0) is 53.6 Å². The molecule has 0 aliphatic carbocycles. The second-order valence-corrected chi connectivity index (χ2v) is 4.46. The van der Waals surface area contributed by atoms with Crippen molar-refractivity contribution in [1.29, 1.82) is 0 Å². The summed E-state index contributed by atoms with van der Waals surface area (Å²) in [6.45, 7) is 2.97. The lowest BCUT2D eigenvalue weighted by atomic mass is 9.89. The van der Waals surface area contributed by atoms with Gasteiger partial charge in [0.15, 0.2) is 0 Å². The molecule has 0 aliphatic rings. The zero-order valence-electron chi connectivity index (χ0n) is 8.65. The first-order chi connectivity index (χ1) is 6.81. The van der Waals surface area contributed by atoms with Crippen LogP contribution in [-0.2, 0) is 0 Å². The smallest absolute Gasteiger partial charge is 0.0471 e. The highest BCUT2D eigenvalue weighted by Gasteiger charge is 2.15. The zero-order valence-corrected chi connectivity index (χ0v) is 9.46. The fourth-order valence-corrected chi connectivity index (χ4v) is 2.44. The first kappa shape index (κ1) is 11.7. The Bertz CT molecular complexity index is 231. The van der Waals surface area contributed by atoms with E-state index in [2.05, 4.69) is 23.8 Å². The molecule has 3 N–H and O–H groups in total. The maximum atomic E-state index is 9.09. The summed E-state index contributed by atoms with van der Waals surface area (Å²) in [7, 11) is 0. The van der Waals surface area contributed by atoms with E-state index in [1.54, 1.807) is 11.3 Å². The van der Waals surface area contributed by atoms with Gasteiger partial charge in [0.05, 0.1) is 0 Å². The summed E-state index contributed by atoms with van der Waals surface area (Å²) < 4.78 is 0. The van der Waals surface area contributed by atoms with Gasteiger partial charge in [-0.1, -0.05) is 6.92 Å². The van der Waals surface area contributed by atoms with Crippen LogP contribution >= 0.6 is 11.3 Å². The van der Waals surface area contributed by atoms with Crippen LogP contribution in [0.1, 0.15) is 31.2 Å². The highest BCUT2D eigenvalue weighted by atomic mass is 32.1. The van der Waals surface area contributed by atoms with Gasteiger partial charge in [-0.25, -0.2) is 0 Å². The molecule has 80 valence electrons. The van der Waals surface area contributed by atoms with Gasteiger partial charge in [-0.3, -0.25) is 0 Å². The normalized spacial score (nSPS) is 15.4. The van der Waals surface area contributed by atoms with E-state index >= 15 is 0 Å². The Morgan fingerprint density at radius 1 is 1.57 bits per heavy atom. The van der Waals surface area contributed by atoms with E-state index in [0.29, 0.717) is 12.5 Å². The minimum absolute atomic E-state index is 0.205. The number of nitrogens with two attached hydrogens (primary N) is 1. The molecule has 0 spiro atoms. The predicted octanol–water partition coefficient (Wildman–Crippen LogP) is 2.20. The topological polar surface area (TPSA) is 46.2 Å². The van der Waals surface area contributed by atoms with E-state index < -0.39 is 0 Å². The Labute approximate surface area is 89.8 Å². The monoisotopic (exact) mass is 213 g/mol. The molecule has 1 aromatic rings. The number of hydrogen-bond donors (Lipinski definition) is 2. The molecule has 2 nitrogen and oxygen atoms in total. The molecule has 0 fully saturated rings. The van der Waals surface area contributed by atoms with Gasteiger partial charge in [0.1, 0.15) is 0 Å². The number of thiophene rings is 1. The highest BCUT2D eigenvalue weighted by molar-refractivity contribution is 7.07. The Hall–Kier alpha value is -0.380. The van der Waals surface area contributed by atoms with Gasteiger partial charge in [-0.2, -0.15) is 11.3 Å². The van der Waals surface area contributed by atoms with E-state index in [1.807, 2.05) is 0 Å². The number of rotatable bonds is 6. The van der Waals surface area contributed by atoms with Gasteiger partial charge < -0.3 is 10.8 Å². The van der Waals surface area contributed by atoms with Crippen molar-refractivity contribution < 1.29 is 5.11 Å². The van der Waals surface area contributed by atoms with Crippen molar-refractivity contribution in [2.45, 2.75) is 25.7 Å². The van der Waals surface area contributed by atoms with Crippen LogP contribution in [0.3, 0.4) is 0 Å². The van der Waals surface area contributed by atoms with Crippen molar-refractivity contribution in [1.82, 2.24) is 0 Å². The number of hydrogen-bond acceptors (Lipinski definition) is 3. The minimum atomic E-state index is 0.205. The molecule has 0 saturated carbocycles. The van der Waals surface area contributed by atoms with E-state index in [9.17, 15) is 0 Å². The molecule has 0 bridgehead atoms. The molecule has 3 heteroatoms. The molecular formula is C11H19NOS. The molecule has 0 aromatic carbocycles. The molecule has 0 saturated heterocycles. The molecule has 1 heterocycles. The zero-order chi connectivity index (χ0) is 10.4. The largest absolute Gasteiger partial charge is 0.396 e. The van der Waals surface area contributed by atoms with Crippen molar-refractivity contribution in [3.63, 3.8) is 0 Å². The molecule has 0 amide bonds. The summed E-state index contributed by atoms with van der Waals surface area (Å²) in [6, 6.07) is 2.17. The Kier molecular flexibility index (Phi) is 5.15. The lowest BCUT2D eigenvalue weighted by Crippen LogP contribution is -2.20. The van der Waals surface area contributed by atoms with Crippen molar-refractivity contribution in [3.05, 3.63) is 22.4 Å². The van der Waals surface area contributed by atoms with Crippen LogP contribution in [0.15, 0.2) is 16.8 Å². The van der Waals surface area contributed by atoms with Gasteiger partial charge in [-0.15, -0.1) is 0 Å². The van der Waals surface area contributed by atoms with Crippen molar-refractivity contribution in [2.75, 3.05) is 13.2 Å². The highest BCUT2D eigenvalue weighted by Crippen LogP contribution is 2.28. The van der Waals surface area contributed by atoms with Gasteiger partial charge in [0.25, 0.3) is 0 Å². The number of aliphatic hydroxyl groups excluding tert-OH is 1. The fourth-order valence-electron chi connectivity index (χ4n) is 1.69. The molecule has 1 rings (SSSR count). The molecule has 14 heavy (non-hydrogen) atoms. The second kappa shape index (κ2) is 6.17. The Balaban J connectivity index is 2.55. The maximum Gasteiger partial charge on any atom is 0.0471 e. The Morgan fingerprint density at radius 3 is 2.79 bits per heavy atom. The maximum absolute atomic E-state index is 9.09. The summed E-state index contributed by atoms with van der Waals surface area (Å²) >= 11 is 1.73. The quantitative estimate of drug-likeness (QED) is 0.761. The van der Waals surface area contributed by atoms with Crippen molar-refractivity contribution in [2.24, 2.45) is 11.7 Å². The predicted molar refractivity (Wildman–Crippen MR) is 61.6 cm³/mol. The molecule has 0 aliphatic heterocycles. The van der Waals surface area contributed by atoms with Crippen LogP contribution in [0, 0.1) is 5.92 Å².